The van der Waals surface area contributed by atoms with Gasteiger partial charge >= 0.3 is 0 Å². The van der Waals surface area contributed by atoms with Gasteiger partial charge < -0.3 is 9.84 Å². The highest BCUT2D eigenvalue weighted by Crippen LogP contribution is 2.21. The van der Waals surface area contributed by atoms with Gasteiger partial charge in [-0.05, 0) is 49.9 Å². The first-order valence-electron chi connectivity index (χ1n) is 5.74. The van der Waals surface area contributed by atoms with Crippen molar-refractivity contribution >= 4 is 15.9 Å². The van der Waals surface area contributed by atoms with Crippen molar-refractivity contribution in [2.45, 2.75) is 32.6 Å². The lowest BCUT2D eigenvalue weighted by Gasteiger charge is -2.07. The second-order valence-corrected chi connectivity index (χ2v) is 4.75. The van der Waals surface area contributed by atoms with Gasteiger partial charge in [-0.15, -0.1) is 0 Å². The number of hydrogen-bond donors (Lipinski definition) is 1. The Morgan fingerprint density at radius 3 is 2.62 bits per heavy atom. The van der Waals surface area contributed by atoms with Crippen molar-refractivity contribution in [3.8, 4) is 5.75 Å². The number of hydrogen-bond acceptors (Lipinski definition) is 2. The van der Waals surface area contributed by atoms with E-state index in [2.05, 4.69) is 22.9 Å². The third-order valence-corrected chi connectivity index (χ3v) is 3.34. The predicted octanol–water partition coefficient (Wildman–Crippen LogP) is 3.69. The van der Waals surface area contributed by atoms with Gasteiger partial charge in [-0.25, -0.2) is 0 Å². The van der Waals surface area contributed by atoms with Crippen LogP contribution in [0.5, 0.6) is 5.75 Å². The molecule has 3 heteroatoms. The lowest BCUT2D eigenvalue weighted by Crippen LogP contribution is -1.97. The molecular weight excluding hydrogens is 268 g/mol. The molecule has 0 bridgehead atoms. The predicted molar refractivity (Wildman–Crippen MR) is 69.9 cm³/mol. The van der Waals surface area contributed by atoms with E-state index in [9.17, 15) is 0 Å². The minimum absolute atomic E-state index is 0.298. The highest BCUT2D eigenvalue weighted by atomic mass is 79.9. The zero-order valence-electron chi connectivity index (χ0n) is 9.71. The summed E-state index contributed by atoms with van der Waals surface area (Å²) in [5.41, 5.74) is 1.19. The van der Waals surface area contributed by atoms with Crippen LogP contribution in [0.2, 0.25) is 0 Å². The van der Waals surface area contributed by atoms with Crippen LogP contribution >= 0.6 is 15.9 Å². The molecule has 0 aliphatic heterocycles. The molecule has 0 aliphatic rings. The fourth-order valence-corrected chi connectivity index (χ4v) is 1.71. The summed E-state index contributed by atoms with van der Waals surface area (Å²) in [4.78, 5) is 0. The number of benzene rings is 1. The molecule has 1 aromatic rings. The van der Waals surface area contributed by atoms with E-state index in [0.29, 0.717) is 6.61 Å². The fraction of sp³-hybridized carbons (Fsp3) is 0.538. The van der Waals surface area contributed by atoms with Crippen LogP contribution < -0.4 is 4.74 Å². The van der Waals surface area contributed by atoms with Crippen molar-refractivity contribution < 1.29 is 9.84 Å². The van der Waals surface area contributed by atoms with E-state index in [1.54, 1.807) is 0 Å². The van der Waals surface area contributed by atoms with Crippen molar-refractivity contribution in [2.24, 2.45) is 0 Å². The zero-order chi connectivity index (χ0) is 11.8. The molecule has 0 aromatic heterocycles. The third-order valence-electron chi connectivity index (χ3n) is 2.45. The normalized spacial score (nSPS) is 10.4. The van der Waals surface area contributed by atoms with Gasteiger partial charge in [-0.1, -0.05) is 22.4 Å². The molecule has 2 nitrogen and oxygen atoms in total. The van der Waals surface area contributed by atoms with Crippen LogP contribution in [0, 0.1) is 6.92 Å². The molecule has 0 spiro atoms. The summed E-state index contributed by atoms with van der Waals surface area (Å²) in [5, 5.41) is 8.62. The summed E-state index contributed by atoms with van der Waals surface area (Å²) in [6.07, 6.45) is 4.15. The van der Waals surface area contributed by atoms with Crippen molar-refractivity contribution in [3.63, 3.8) is 0 Å². The molecule has 0 amide bonds. The molecular formula is C13H19BrO2. The average Bonchev–Trinajstić information content (AvgIpc) is 2.28. The van der Waals surface area contributed by atoms with E-state index >= 15 is 0 Å². The van der Waals surface area contributed by atoms with Gasteiger partial charge in [-0.2, -0.15) is 0 Å². The van der Waals surface area contributed by atoms with Gasteiger partial charge in [0.2, 0.25) is 0 Å². The Morgan fingerprint density at radius 1 is 1.19 bits per heavy atom. The number of aryl methyl sites for hydroxylation is 1. The Kier molecular flexibility index (Phi) is 6.50. The summed E-state index contributed by atoms with van der Waals surface area (Å²) >= 11 is 3.46. The number of rotatable bonds is 7. The van der Waals surface area contributed by atoms with Gasteiger partial charge in [-0.3, -0.25) is 0 Å². The molecule has 1 N–H and O–H groups in total. The van der Waals surface area contributed by atoms with Crippen LogP contribution in [0.1, 0.15) is 31.2 Å². The molecule has 0 saturated heterocycles. The molecule has 16 heavy (non-hydrogen) atoms. The molecule has 1 aromatic carbocycles. The monoisotopic (exact) mass is 286 g/mol. The van der Waals surface area contributed by atoms with Crippen LogP contribution in [-0.4, -0.2) is 18.3 Å². The number of aliphatic hydroxyl groups is 1. The van der Waals surface area contributed by atoms with Crippen molar-refractivity contribution in [2.75, 3.05) is 13.2 Å². The lowest BCUT2D eigenvalue weighted by molar-refractivity contribution is 0.273. The molecule has 0 atom stereocenters. The van der Waals surface area contributed by atoms with E-state index in [1.165, 1.54) is 5.56 Å². The molecule has 0 aliphatic carbocycles. The molecule has 0 heterocycles. The maximum atomic E-state index is 8.62. The molecule has 0 unspecified atom stereocenters. The zero-order valence-corrected chi connectivity index (χ0v) is 11.3. The maximum Gasteiger partial charge on any atom is 0.119 e. The quantitative estimate of drug-likeness (QED) is 0.775. The van der Waals surface area contributed by atoms with Gasteiger partial charge in [0.05, 0.1) is 6.61 Å². The Morgan fingerprint density at radius 2 is 1.94 bits per heavy atom. The topological polar surface area (TPSA) is 29.5 Å². The Balaban J connectivity index is 2.19. The van der Waals surface area contributed by atoms with Gasteiger partial charge in [0.15, 0.2) is 0 Å². The first kappa shape index (κ1) is 13.5. The minimum Gasteiger partial charge on any atom is -0.494 e. The lowest BCUT2D eigenvalue weighted by atomic mass is 10.2. The van der Waals surface area contributed by atoms with Crippen LogP contribution in [0.25, 0.3) is 0 Å². The largest absolute Gasteiger partial charge is 0.494 e. The van der Waals surface area contributed by atoms with E-state index in [0.717, 1.165) is 42.5 Å². The Labute approximate surface area is 106 Å². The van der Waals surface area contributed by atoms with Gasteiger partial charge in [0.1, 0.15) is 5.75 Å². The average molecular weight is 287 g/mol. The number of unbranched alkanes of at least 4 members (excludes halogenated alkanes) is 3. The summed E-state index contributed by atoms with van der Waals surface area (Å²) in [6, 6.07) is 6.03. The molecule has 1 rings (SSSR count). The Hall–Kier alpha value is -0.540. The van der Waals surface area contributed by atoms with E-state index < -0.39 is 0 Å². The highest BCUT2D eigenvalue weighted by molar-refractivity contribution is 9.10. The SMILES string of the molecule is Cc1cc(OCCCCCCO)ccc1Br. The number of halogens is 1. The molecule has 0 radical (unpaired) electrons. The first-order chi connectivity index (χ1) is 7.74. The van der Waals surface area contributed by atoms with E-state index in [-0.39, 0.29) is 0 Å². The van der Waals surface area contributed by atoms with Crippen LogP contribution in [0.4, 0.5) is 0 Å². The Bertz CT molecular complexity index is 313. The van der Waals surface area contributed by atoms with E-state index in [4.69, 9.17) is 9.84 Å². The van der Waals surface area contributed by atoms with Gasteiger partial charge in [0.25, 0.3) is 0 Å². The number of ether oxygens (including phenoxy) is 1. The second-order valence-electron chi connectivity index (χ2n) is 3.90. The molecule has 0 saturated carbocycles. The standard InChI is InChI=1S/C13H19BrO2/c1-11-10-12(6-7-13(11)14)16-9-5-3-2-4-8-15/h6-7,10,15H,2-5,8-9H2,1H3. The van der Waals surface area contributed by atoms with Crippen molar-refractivity contribution in [1.82, 2.24) is 0 Å². The summed E-state index contributed by atoms with van der Waals surface area (Å²) in [7, 11) is 0. The van der Waals surface area contributed by atoms with Crippen LogP contribution in [0.15, 0.2) is 22.7 Å². The third kappa shape index (κ3) is 4.99. The summed E-state index contributed by atoms with van der Waals surface area (Å²) < 4.78 is 6.75. The minimum atomic E-state index is 0.298. The fourth-order valence-electron chi connectivity index (χ4n) is 1.46. The molecule has 0 fully saturated rings. The van der Waals surface area contributed by atoms with Crippen molar-refractivity contribution in [1.29, 1.82) is 0 Å². The highest BCUT2D eigenvalue weighted by Gasteiger charge is 1.98. The summed E-state index contributed by atoms with van der Waals surface area (Å²) in [5.74, 6) is 0.933. The first-order valence-corrected chi connectivity index (χ1v) is 6.53. The second kappa shape index (κ2) is 7.69. The molecule has 90 valence electrons. The van der Waals surface area contributed by atoms with Crippen LogP contribution in [0.3, 0.4) is 0 Å². The van der Waals surface area contributed by atoms with E-state index in [1.807, 2.05) is 18.2 Å². The van der Waals surface area contributed by atoms with Crippen molar-refractivity contribution in [3.05, 3.63) is 28.2 Å². The van der Waals surface area contributed by atoms with Crippen LogP contribution in [-0.2, 0) is 0 Å². The van der Waals surface area contributed by atoms with Gasteiger partial charge in [0, 0.05) is 11.1 Å². The smallest absolute Gasteiger partial charge is 0.119 e. The summed E-state index contributed by atoms with van der Waals surface area (Å²) in [6.45, 7) is 3.11. The number of aliphatic hydroxyl groups excluding tert-OH is 1. The maximum absolute atomic E-state index is 8.62.